The van der Waals surface area contributed by atoms with E-state index in [0.29, 0.717) is 25.3 Å². The van der Waals surface area contributed by atoms with Gasteiger partial charge < -0.3 is 14.7 Å². The molecular weight excluding hydrogens is 399 g/mol. The second-order valence-corrected chi connectivity index (χ2v) is 7.83. The Morgan fingerprint density at radius 1 is 1.06 bits per heavy atom. The van der Waals surface area contributed by atoms with Gasteiger partial charge in [-0.1, -0.05) is 48.0 Å². The van der Waals surface area contributed by atoms with Gasteiger partial charge in [0.2, 0.25) is 0 Å². The zero-order valence-electron chi connectivity index (χ0n) is 17.4. The number of ether oxygens (including phenoxy) is 1. The van der Waals surface area contributed by atoms with Gasteiger partial charge in [-0.05, 0) is 13.0 Å². The number of amides is 1. The highest BCUT2D eigenvalue weighted by Gasteiger charge is 2.46. The maximum absolute atomic E-state index is 14.8. The molecule has 0 radical (unpaired) electrons. The molecule has 2 aromatic rings. The number of carbonyl (C=O) groups is 2. The van der Waals surface area contributed by atoms with Crippen LogP contribution >= 0.6 is 0 Å². The number of benzene rings is 2. The largest absolute Gasteiger partial charge is 0.507 e. The molecule has 0 bridgehead atoms. The highest BCUT2D eigenvalue weighted by molar-refractivity contribution is 6.46. The maximum Gasteiger partial charge on any atom is 0.295 e. The number of ketones is 1. The Bertz CT molecular complexity index is 1010. The third kappa shape index (κ3) is 4.24. The smallest absolute Gasteiger partial charge is 0.295 e. The van der Waals surface area contributed by atoms with E-state index in [1.54, 1.807) is 30.3 Å². The topological polar surface area (TPSA) is 70.1 Å². The molecule has 0 aromatic heterocycles. The van der Waals surface area contributed by atoms with Gasteiger partial charge in [0, 0.05) is 37.3 Å². The first-order valence-corrected chi connectivity index (χ1v) is 10.4. The number of likely N-dealkylation sites (tertiary alicyclic amines) is 1. The number of rotatable bonds is 5. The van der Waals surface area contributed by atoms with Gasteiger partial charge in [0.15, 0.2) is 0 Å². The van der Waals surface area contributed by atoms with Crippen molar-refractivity contribution in [2.45, 2.75) is 13.0 Å². The summed E-state index contributed by atoms with van der Waals surface area (Å²) in [4.78, 5) is 29.4. The predicted octanol–water partition coefficient (Wildman–Crippen LogP) is 2.89. The van der Waals surface area contributed by atoms with Crippen molar-refractivity contribution in [1.82, 2.24) is 9.80 Å². The molecule has 0 spiro atoms. The van der Waals surface area contributed by atoms with Gasteiger partial charge in [0.05, 0.1) is 24.8 Å². The number of morpholine rings is 1. The van der Waals surface area contributed by atoms with Crippen LogP contribution in [-0.2, 0) is 14.3 Å². The minimum atomic E-state index is -0.983. The molecular formula is C24H25FN2O4. The molecule has 6 nitrogen and oxygen atoms in total. The summed E-state index contributed by atoms with van der Waals surface area (Å²) in [6.07, 6.45) is 0. The Kier molecular flexibility index (Phi) is 6.15. The lowest BCUT2D eigenvalue weighted by atomic mass is 9.94. The van der Waals surface area contributed by atoms with Crippen LogP contribution in [0.25, 0.3) is 5.76 Å². The van der Waals surface area contributed by atoms with Gasteiger partial charge in [-0.2, -0.15) is 0 Å². The average molecular weight is 424 g/mol. The number of Topliss-reactive ketones (excluding diaryl/α,β-unsaturated/α-hetero) is 1. The Balaban J connectivity index is 1.75. The SMILES string of the molecule is Cc1ccc(/C(O)=C2\C(=O)C(=O)N(CCN3CCOCC3)[C@@H]2c2ccccc2F)cc1. The molecule has 7 heteroatoms. The Hall–Kier alpha value is -3.03. The first kappa shape index (κ1) is 21.2. The maximum atomic E-state index is 14.8. The van der Waals surface area contributed by atoms with Gasteiger partial charge >= 0.3 is 0 Å². The average Bonchev–Trinajstić information content (AvgIpc) is 3.03. The van der Waals surface area contributed by atoms with Gasteiger partial charge in [0.25, 0.3) is 11.7 Å². The number of carbonyl (C=O) groups excluding carboxylic acids is 2. The predicted molar refractivity (Wildman–Crippen MR) is 114 cm³/mol. The molecule has 2 fully saturated rings. The van der Waals surface area contributed by atoms with Crippen molar-refractivity contribution >= 4 is 17.4 Å². The Labute approximate surface area is 180 Å². The van der Waals surface area contributed by atoms with E-state index in [-0.39, 0.29) is 23.4 Å². The van der Waals surface area contributed by atoms with E-state index in [4.69, 9.17) is 4.74 Å². The number of aliphatic hydroxyl groups is 1. The first-order chi connectivity index (χ1) is 15.0. The lowest BCUT2D eigenvalue weighted by Crippen LogP contribution is -2.42. The van der Waals surface area contributed by atoms with E-state index in [1.807, 2.05) is 19.1 Å². The van der Waals surface area contributed by atoms with E-state index in [1.165, 1.54) is 11.0 Å². The number of nitrogens with zero attached hydrogens (tertiary/aromatic N) is 2. The van der Waals surface area contributed by atoms with Crippen LogP contribution in [-0.4, -0.2) is 66.0 Å². The summed E-state index contributed by atoms with van der Waals surface area (Å²) in [5.41, 5.74) is 1.52. The summed E-state index contributed by atoms with van der Waals surface area (Å²) in [5.74, 6) is -2.34. The molecule has 4 rings (SSSR count). The van der Waals surface area contributed by atoms with Gasteiger partial charge in [-0.15, -0.1) is 0 Å². The van der Waals surface area contributed by atoms with Crippen molar-refractivity contribution in [3.63, 3.8) is 0 Å². The summed E-state index contributed by atoms with van der Waals surface area (Å²) >= 11 is 0. The standard InChI is InChI=1S/C24H25FN2O4/c1-16-6-8-17(9-7-16)22(28)20-21(18-4-2-3-5-19(18)25)27(24(30)23(20)29)11-10-26-12-14-31-15-13-26/h2-9,21,28H,10-15H2,1H3/b22-20+/t21-/m1/s1. The van der Waals surface area contributed by atoms with Crippen LogP contribution in [0.3, 0.4) is 0 Å². The monoisotopic (exact) mass is 424 g/mol. The zero-order valence-corrected chi connectivity index (χ0v) is 17.4. The Morgan fingerprint density at radius 2 is 1.74 bits per heavy atom. The zero-order chi connectivity index (χ0) is 22.0. The van der Waals surface area contributed by atoms with Crippen molar-refractivity contribution in [2.24, 2.45) is 0 Å². The van der Waals surface area contributed by atoms with E-state index in [0.717, 1.165) is 18.7 Å². The van der Waals surface area contributed by atoms with E-state index < -0.39 is 23.5 Å². The molecule has 2 aliphatic heterocycles. The number of aliphatic hydroxyl groups excluding tert-OH is 1. The summed E-state index contributed by atoms with van der Waals surface area (Å²) in [6, 6.07) is 12.1. The summed E-state index contributed by atoms with van der Waals surface area (Å²) in [5, 5.41) is 11.0. The van der Waals surface area contributed by atoms with Crippen molar-refractivity contribution in [3.8, 4) is 0 Å². The third-order valence-corrected chi connectivity index (χ3v) is 5.83. The summed E-state index contributed by atoms with van der Waals surface area (Å²) < 4.78 is 20.1. The van der Waals surface area contributed by atoms with Crippen molar-refractivity contribution in [2.75, 3.05) is 39.4 Å². The summed E-state index contributed by atoms with van der Waals surface area (Å²) in [7, 11) is 0. The highest BCUT2D eigenvalue weighted by Crippen LogP contribution is 2.40. The van der Waals surface area contributed by atoms with Crippen LogP contribution in [0.1, 0.15) is 22.7 Å². The molecule has 1 atom stereocenters. The molecule has 162 valence electrons. The highest BCUT2D eigenvalue weighted by atomic mass is 19.1. The molecule has 2 saturated heterocycles. The normalized spacial score (nSPS) is 21.6. The molecule has 2 heterocycles. The molecule has 31 heavy (non-hydrogen) atoms. The fourth-order valence-corrected chi connectivity index (χ4v) is 4.07. The minimum Gasteiger partial charge on any atom is -0.507 e. The minimum absolute atomic E-state index is 0.0825. The van der Waals surface area contributed by atoms with Gasteiger partial charge in [-0.3, -0.25) is 14.5 Å². The molecule has 2 aliphatic rings. The molecule has 2 aromatic carbocycles. The number of hydrogen-bond acceptors (Lipinski definition) is 5. The van der Waals surface area contributed by atoms with Crippen molar-refractivity contribution in [1.29, 1.82) is 0 Å². The lowest BCUT2D eigenvalue weighted by Gasteiger charge is -2.31. The van der Waals surface area contributed by atoms with Crippen LogP contribution < -0.4 is 0 Å². The van der Waals surface area contributed by atoms with E-state index in [9.17, 15) is 19.1 Å². The van der Waals surface area contributed by atoms with Gasteiger partial charge in [0.1, 0.15) is 11.6 Å². The number of halogens is 1. The lowest BCUT2D eigenvalue weighted by molar-refractivity contribution is -0.140. The van der Waals surface area contributed by atoms with Crippen LogP contribution in [0.2, 0.25) is 0 Å². The first-order valence-electron chi connectivity index (χ1n) is 10.4. The third-order valence-electron chi connectivity index (χ3n) is 5.83. The number of aryl methyl sites for hydroxylation is 1. The van der Waals surface area contributed by atoms with E-state index >= 15 is 0 Å². The fourth-order valence-electron chi connectivity index (χ4n) is 4.07. The fraction of sp³-hybridized carbons (Fsp3) is 0.333. The van der Waals surface area contributed by atoms with Crippen molar-refractivity contribution in [3.05, 3.63) is 76.6 Å². The van der Waals surface area contributed by atoms with Gasteiger partial charge in [-0.25, -0.2) is 4.39 Å². The van der Waals surface area contributed by atoms with E-state index in [2.05, 4.69) is 4.90 Å². The second kappa shape index (κ2) is 8.99. The molecule has 0 aliphatic carbocycles. The van der Waals surface area contributed by atoms with Crippen LogP contribution in [0.4, 0.5) is 4.39 Å². The Morgan fingerprint density at radius 3 is 2.42 bits per heavy atom. The molecule has 0 unspecified atom stereocenters. The molecule has 0 saturated carbocycles. The summed E-state index contributed by atoms with van der Waals surface area (Å²) in [6.45, 7) is 5.38. The number of hydrogen-bond donors (Lipinski definition) is 1. The molecule has 1 amide bonds. The quantitative estimate of drug-likeness (QED) is 0.454. The van der Waals surface area contributed by atoms with Crippen LogP contribution in [0.15, 0.2) is 54.1 Å². The second-order valence-electron chi connectivity index (χ2n) is 7.83. The van der Waals surface area contributed by atoms with Crippen LogP contribution in [0, 0.1) is 12.7 Å². The van der Waals surface area contributed by atoms with Crippen molar-refractivity contribution < 1.29 is 23.8 Å². The molecule has 1 N–H and O–H groups in total. The van der Waals surface area contributed by atoms with Crippen LogP contribution in [0.5, 0.6) is 0 Å².